The highest BCUT2D eigenvalue weighted by Gasteiger charge is 2.21. The Labute approximate surface area is 109 Å². The molecule has 0 atom stereocenters. The molecule has 3 heteroatoms. The molecule has 0 spiro atoms. The molecule has 1 aliphatic carbocycles. The summed E-state index contributed by atoms with van der Waals surface area (Å²) in [7, 11) is 2.17. The molecule has 3 nitrogen and oxygen atoms in total. The van der Waals surface area contributed by atoms with Crippen LogP contribution in [0.1, 0.15) is 36.8 Å². The van der Waals surface area contributed by atoms with Crippen molar-refractivity contribution in [3.05, 3.63) is 35.4 Å². The van der Waals surface area contributed by atoms with Gasteiger partial charge in [0, 0.05) is 18.6 Å². The summed E-state index contributed by atoms with van der Waals surface area (Å²) in [5.74, 6) is 0. The first-order chi connectivity index (χ1) is 8.69. The third-order valence-electron chi connectivity index (χ3n) is 3.85. The minimum absolute atomic E-state index is 0.400. The lowest BCUT2D eigenvalue weighted by molar-refractivity contribution is 0.176. The van der Waals surface area contributed by atoms with E-state index in [1.54, 1.807) is 0 Å². The van der Waals surface area contributed by atoms with Crippen molar-refractivity contribution in [3.8, 4) is 6.07 Å². The molecule has 96 valence electrons. The summed E-state index contributed by atoms with van der Waals surface area (Å²) in [5.41, 5.74) is 7.89. The molecule has 18 heavy (non-hydrogen) atoms. The molecule has 0 saturated heterocycles. The molecule has 1 saturated carbocycles. The molecule has 1 aromatic rings. The Bertz CT molecular complexity index is 428. The smallest absolute Gasteiger partial charge is 0.0991 e. The summed E-state index contributed by atoms with van der Waals surface area (Å²) in [6.45, 7) is 0.912. The number of hydrogen-bond donors (Lipinski definition) is 1. The summed E-state index contributed by atoms with van der Waals surface area (Å²) in [6, 6.07) is 11.1. The number of nitrogens with zero attached hydrogens (tertiary/aromatic N) is 2. The lowest BCUT2D eigenvalue weighted by Gasteiger charge is -2.33. The van der Waals surface area contributed by atoms with E-state index in [0.29, 0.717) is 12.1 Å². The van der Waals surface area contributed by atoms with E-state index in [9.17, 15) is 0 Å². The van der Waals surface area contributed by atoms with Crippen LogP contribution in [0.5, 0.6) is 0 Å². The van der Waals surface area contributed by atoms with Crippen molar-refractivity contribution in [3.63, 3.8) is 0 Å². The van der Waals surface area contributed by atoms with Crippen LogP contribution in [0.4, 0.5) is 0 Å². The molecule has 0 heterocycles. The van der Waals surface area contributed by atoms with Crippen LogP contribution in [0.15, 0.2) is 24.3 Å². The van der Waals surface area contributed by atoms with Gasteiger partial charge in [0.25, 0.3) is 0 Å². The van der Waals surface area contributed by atoms with E-state index in [1.807, 2.05) is 18.2 Å². The number of nitriles is 1. The molecule has 1 fully saturated rings. The second-order valence-electron chi connectivity index (χ2n) is 5.30. The Balaban J connectivity index is 1.94. The summed E-state index contributed by atoms with van der Waals surface area (Å²) in [4.78, 5) is 2.39. The van der Waals surface area contributed by atoms with E-state index in [1.165, 1.54) is 18.4 Å². The first-order valence-electron chi connectivity index (χ1n) is 6.64. The van der Waals surface area contributed by atoms with Gasteiger partial charge < -0.3 is 5.73 Å². The van der Waals surface area contributed by atoms with Gasteiger partial charge in [-0.15, -0.1) is 0 Å². The number of rotatable bonds is 3. The van der Waals surface area contributed by atoms with Crippen LogP contribution in [0.2, 0.25) is 0 Å². The van der Waals surface area contributed by atoms with Gasteiger partial charge in [-0.3, -0.25) is 4.90 Å². The average Bonchev–Trinajstić information content (AvgIpc) is 2.39. The zero-order chi connectivity index (χ0) is 13.0. The zero-order valence-corrected chi connectivity index (χ0v) is 11.0. The SMILES string of the molecule is CN(Cc1cccc(C#N)c1)C1CCC(N)CC1. The average molecular weight is 243 g/mol. The van der Waals surface area contributed by atoms with Crippen molar-refractivity contribution >= 4 is 0 Å². The van der Waals surface area contributed by atoms with Crippen LogP contribution in [0, 0.1) is 11.3 Å². The predicted octanol–water partition coefficient (Wildman–Crippen LogP) is 2.26. The molecular weight excluding hydrogens is 222 g/mol. The molecule has 2 rings (SSSR count). The van der Waals surface area contributed by atoms with Gasteiger partial charge in [0.05, 0.1) is 11.6 Å². The number of nitrogens with two attached hydrogens (primary N) is 1. The maximum Gasteiger partial charge on any atom is 0.0991 e. The van der Waals surface area contributed by atoms with Crippen molar-refractivity contribution < 1.29 is 0 Å². The second kappa shape index (κ2) is 5.99. The molecule has 0 unspecified atom stereocenters. The fourth-order valence-corrected chi connectivity index (χ4v) is 2.70. The topological polar surface area (TPSA) is 53.0 Å². The normalized spacial score (nSPS) is 23.9. The Morgan fingerprint density at radius 2 is 2.06 bits per heavy atom. The molecule has 0 aromatic heterocycles. The van der Waals surface area contributed by atoms with Crippen molar-refractivity contribution in [2.45, 2.75) is 44.3 Å². The lowest BCUT2D eigenvalue weighted by Crippen LogP contribution is -2.38. The van der Waals surface area contributed by atoms with Gasteiger partial charge in [-0.25, -0.2) is 0 Å². The number of hydrogen-bond acceptors (Lipinski definition) is 3. The molecular formula is C15H21N3. The molecule has 0 bridgehead atoms. The fraction of sp³-hybridized carbons (Fsp3) is 0.533. The van der Waals surface area contributed by atoms with E-state index < -0.39 is 0 Å². The maximum atomic E-state index is 8.90. The molecule has 0 amide bonds. The van der Waals surface area contributed by atoms with Crippen LogP contribution < -0.4 is 5.73 Å². The van der Waals surface area contributed by atoms with Crippen LogP contribution >= 0.6 is 0 Å². The third-order valence-corrected chi connectivity index (χ3v) is 3.85. The first-order valence-corrected chi connectivity index (χ1v) is 6.64. The Hall–Kier alpha value is -1.37. The summed E-state index contributed by atoms with van der Waals surface area (Å²) in [5, 5.41) is 8.90. The minimum Gasteiger partial charge on any atom is -0.328 e. The predicted molar refractivity (Wildman–Crippen MR) is 72.9 cm³/mol. The highest BCUT2D eigenvalue weighted by Crippen LogP contribution is 2.22. The van der Waals surface area contributed by atoms with Crippen molar-refractivity contribution in [1.29, 1.82) is 5.26 Å². The quantitative estimate of drug-likeness (QED) is 0.886. The molecule has 1 aliphatic rings. The fourth-order valence-electron chi connectivity index (χ4n) is 2.70. The van der Waals surface area contributed by atoms with Gasteiger partial charge in [0.2, 0.25) is 0 Å². The largest absolute Gasteiger partial charge is 0.328 e. The van der Waals surface area contributed by atoms with Gasteiger partial charge in [-0.05, 0) is 50.4 Å². The van der Waals surface area contributed by atoms with Crippen molar-refractivity contribution in [1.82, 2.24) is 4.90 Å². The van der Waals surface area contributed by atoms with Crippen LogP contribution in [0.25, 0.3) is 0 Å². The van der Waals surface area contributed by atoms with E-state index >= 15 is 0 Å². The molecule has 0 aliphatic heterocycles. The van der Waals surface area contributed by atoms with Crippen LogP contribution in [0.3, 0.4) is 0 Å². The lowest BCUT2D eigenvalue weighted by atomic mass is 9.91. The van der Waals surface area contributed by atoms with Gasteiger partial charge in [0.15, 0.2) is 0 Å². The highest BCUT2D eigenvalue weighted by molar-refractivity contribution is 5.32. The van der Waals surface area contributed by atoms with Crippen molar-refractivity contribution in [2.24, 2.45) is 5.73 Å². The summed E-state index contributed by atoms with van der Waals surface area (Å²) >= 11 is 0. The standard InChI is InChI=1S/C15H21N3/c1-18(15-7-5-14(17)6-8-15)11-13-4-2-3-12(9-13)10-16/h2-4,9,14-15H,5-8,11,17H2,1H3. The monoisotopic (exact) mass is 243 g/mol. The Morgan fingerprint density at radius 3 is 2.72 bits per heavy atom. The van der Waals surface area contributed by atoms with Crippen LogP contribution in [-0.2, 0) is 6.54 Å². The molecule has 0 radical (unpaired) electrons. The Morgan fingerprint density at radius 1 is 1.33 bits per heavy atom. The summed E-state index contributed by atoms with van der Waals surface area (Å²) < 4.78 is 0. The molecule has 2 N–H and O–H groups in total. The van der Waals surface area contributed by atoms with Crippen molar-refractivity contribution in [2.75, 3.05) is 7.05 Å². The first kappa shape index (κ1) is 13.1. The van der Waals surface area contributed by atoms with E-state index in [0.717, 1.165) is 24.9 Å². The molecule has 1 aromatic carbocycles. The zero-order valence-electron chi connectivity index (χ0n) is 11.0. The van der Waals surface area contributed by atoms with Crippen LogP contribution in [-0.4, -0.2) is 24.0 Å². The van der Waals surface area contributed by atoms with E-state index in [4.69, 9.17) is 11.0 Å². The third kappa shape index (κ3) is 3.32. The second-order valence-corrected chi connectivity index (χ2v) is 5.30. The highest BCUT2D eigenvalue weighted by atomic mass is 15.1. The van der Waals surface area contributed by atoms with Gasteiger partial charge in [0.1, 0.15) is 0 Å². The number of benzene rings is 1. The minimum atomic E-state index is 0.400. The van der Waals surface area contributed by atoms with E-state index in [-0.39, 0.29) is 0 Å². The van der Waals surface area contributed by atoms with Gasteiger partial charge >= 0.3 is 0 Å². The Kier molecular flexibility index (Phi) is 4.35. The van der Waals surface area contributed by atoms with Gasteiger partial charge in [-0.2, -0.15) is 5.26 Å². The summed E-state index contributed by atoms with van der Waals surface area (Å²) in [6.07, 6.45) is 4.64. The van der Waals surface area contributed by atoms with E-state index in [2.05, 4.69) is 24.1 Å². The van der Waals surface area contributed by atoms with Gasteiger partial charge in [-0.1, -0.05) is 12.1 Å². The maximum absolute atomic E-state index is 8.90.